The summed E-state index contributed by atoms with van der Waals surface area (Å²) in [6.45, 7) is 3.98. The average Bonchev–Trinajstić information content (AvgIpc) is 3.32. The van der Waals surface area contributed by atoms with Gasteiger partial charge in [-0.05, 0) is 74.2 Å². The lowest BCUT2D eigenvalue weighted by molar-refractivity contribution is 0.102. The third-order valence-corrected chi connectivity index (χ3v) is 6.00. The van der Waals surface area contributed by atoms with Crippen molar-refractivity contribution in [2.75, 3.05) is 43.6 Å². The van der Waals surface area contributed by atoms with Crippen LogP contribution in [0, 0.1) is 0 Å². The molecule has 30 heavy (non-hydrogen) atoms. The van der Waals surface area contributed by atoms with E-state index in [2.05, 4.69) is 27.7 Å². The van der Waals surface area contributed by atoms with Crippen molar-refractivity contribution in [3.05, 3.63) is 54.1 Å². The lowest BCUT2D eigenvalue weighted by Crippen LogP contribution is -2.44. The minimum absolute atomic E-state index is 0.122. The summed E-state index contributed by atoms with van der Waals surface area (Å²) in [7, 11) is 1.61. The predicted molar refractivity (Wildman–Crippen MR) is 120 cm³/mol. The lowest BCUT2D eigenvalue weighted by atomic mass is 10.0. The van der Waals surface area contributed by atoms with E-state index in [1.807, 2.05) is 12.1 Å². The first-order valence-corrected chi connectivity index (χ1v) is 10.9. The van der Waals surface area contributed by atoms with Crippen molar-refractivity contribution in [2.45, 2.75) is 37.8 Å². The van der Waals surface area contributed by atoms with Crippen LogP contribution in [0.3, 0.4) is 0 Å². The SMILES string of the molecule is COc1ccc(C(=O)Nc2ccc(N3CCC(NCC4CCCO4)CC3)cc2)cc1. The van der Waals surface area contributed by atoms with Gasteiger partial charge in [-0.25, -0.2) is 0 Å². The van der Waals surface area contributed by atoms with Crippen LogP contribution < -0.4 is 20.3 Å². The third kappa shape index (κ3) is 5.32. The molecule has 2 aliphatic heterocycles. The zero-order valence-corrected chi connectivity index (χ0v) is 17.6. The van der Waals surface area contributed by atoms with Gasteiger partial charge in [0.05, 0.1) is 13.2 Å². The van der Waals surface area contributed by atoms with Gasteiger partial charge in [-0.3, -0.25) is 4.79 Å². The summed E-state index contributed by atoms with van der Waals surface area (Å²) in [5, 5.41) is 6.64. The number of ether oxygens (including phenoxy) is 2. The van der Waals surface area contributed by atoms with E-state index >= 15 is 0 Å². The quantitative estimate of drug-likeness (QED) is 0.730. The molecule has 0 spiro atoms. The molecule has 2 aromatic carbocycles. The van der Waals surface area contributed by atoms with Gasteiger partial charge in [-0.1, -0.05) is 0 Å². The van der Waals surface area contributed by atoms with Gasteiger partial charge in [0.15, 0.2) is 0 Å². The number of anilines is 2. The van der Waals surface area contributed by atoms with Crippen molar-refractivity contribution < 1.29 is 14.3 Å². The second kappa shape index (κ2) is 9.96. The molecule has 0 saturated carbocycles. The maximum Gasteiger partial charge on any atom is 0.255 e. The Morgan fingerprint density at radius 2 is 1.80 bits per heavy atom. The van der Waals surface area contributed by atoms with E-state index in [0.29, 0.717) is 17.7 Å². The average molecular weight is 410 g/mol. The molecule has 6 nitrogen and oxygen atoms in total. The lowest BCUT2D eigenvalue weighted by Gasteiger charge is -2.34. The normalized spacial score (nSPS) is 19.6. The highest BCUT2D eigenvalue weighted by molar-refractivity contribution is 6.04. The van der Waals surface area contributed by atoms with E-state index in [-0.39, 0.29) is 5.91 Å². The summed E-state index contributed by atoms with van der Waals surface area (Å²) in [4.78, 5) is 14.8. The van der Waals surface area contributed by atoms with Crippen LogP contribution in [0.4, 0.5) is 11.4 Å². The molecule has 1 atom stereocenters. The minimum atomic E-state index is -0.122. The first-order valence-electron chi connectivity index (χ1n) is 10.9. The largest absolute Gasteiger partial charge is 0.497 e. The number of rotatable bonds is 7. The number of piperidine rings is 1. The molecule has 0 radical (unpaired) electrons. The number of hydrogen-bond donors (Lipinski definition) is 2. The van der Waals surface area contributed by atoms with Gasteiger partial charge in [-0.2, -0.15) is 0 Å². The first kappa shape index (κ1) is 20.7. The van der Waals surface area contributed by atoms with Gasteiger partial charge in [0.25, 0.3) is 5.91 Å². The smallest absolute Gasteiger partial charge is 0.255 e. The standard InChI is InChI=1S/C24H31N3O3/c1-29-22-10-4-18(5-11-22)24(28)26-20-6-8-21(9-7-20)27-14-12-19(13-15-27)25-17-23-3-2-16-30-23/h4-11,19,23,25H,2-3,12-17H2,1H3,(H,26,28). The fraction of sp³-hybridized carbons (Fsp3) is 0.458. The van der Waals surface area contributed by atoms with Crippen LogP contribution in [0.2, 0.25) is 0 Å². The Morgan fingerprint density at radius 1 is 1.07 bits per heavy atom. The Bertz CT molecular complexity index is 809. The molecule has 160 valence electrons. The number of carbonyl (C=O) groups is 1. The first-order chi connectivity index (χ1) is 14.7. The molecule has 1 unspecified atom stereocenters. The summed E-state index contributed by atoms with van der Waals surface area (Å²) >= 11 is 0. The molecular weight excluding hydrogens is 378 g/mol. The highest BCUT2D eigenvalue weighted by Gasteiger charge is 2.22. The summed E-state index contributed by atoms with van der Waals surface area (Å²) in [5.41, 5.74) is 2.61. The zero-order valence-electron chi connectivity index (χ0n) is 17.6. The second-order valence-corrected chi connectivity index (χ2v) is 8.03. The Morgan fingerprint density at radius 3 is 2.43 bits per heavy atom. The van der Waals surface area contributed by atoms with Crippen molar-refractivity contribution in [3.63, 3.8) is 0 Å². The summed E-state index contributed by atoms with van der Waals surface area (Å²) in [6, 6.07) is 15.8. The Labute approximate surface area is 178 Å². The number of carbonyl (C=O) groups excluding carboxylic acids is 1. The predicted octanol–water partition coefficient (Wildman–Crippen LogP) is 3.68. The van der Waals surface area contributed by atoms with Crippen molar-refractivity contribution in [3.8, 4) is 5.75 Å². The molecule has 2 aromatic rings. The molecule has 0 aliphatic carbocycles. The fourth-order valence-electron chi connectivity index (χ4n) is 4.15. The molecule has 2 fully saturated rings. The molecule has 2 N–H and O–H groups in total. The summed E-state index contributed by atoms with van der Waals surface area (Å²) < 4.78 is 10.8. The molecule has 2 saturated heterocycles. The highest BCUT2D eigenvalue weighted by atomic mass is 16.5. The molecule has 2 heterocycles. The summed E-state index contributed by atoms with van der Waals surface area (Å²) in [5.74, 6) is 0.616. The number of nitrogens with one attached hydrogen (secondary N) is 2. The van der Waals surface area contributed by atoms with Crippen LogP contribution in [0.1, 0.15) is 36.0 Å². The van der Waals surface area contributed by atoms with Crippen LogP contribution in [0.15, 0.2) is 48.5 Å². The van der Waals surface area contributed by atoms with Crippen molar-refractivity contribution in [1.29, 1.82) is 0 Å². The van der Waals surface area contributed by atoms with Gasteiger partial charge in [0.1, 0.15) is 5.75 Å². The Hall–Kier alpha value is -2.57. The van der Waals surface area contributed by atoms with Crippen molar-refractivity contribution in [2.24, 2.45) is 0 Å². The number of amides is 1. The molecule has 0 bridgehead atoms. The van der Waals surface area contributed by atoms with E-state index in [4.69, 9.17) is 9.47 Å². The van der Waals surface area contributed by atoms with E-state index in [0.717, 1.165) is 50.5 Å². The molecule has 6 heteroatoms. The van der Waals surface area contributed by atoms with Crippen LogP contribution in [0.25, 0.3) is 0 Å². The van der Waals surface area contributed by atoms with Crippen LogP contribution >= 0.6 is 0 Å². The molecule has 4 rings (SSSR count). The topological polar surface area (TPSA) is 62.8 Å². The molecule has 1 amide bonds. The number of nitrogens with zero attached hydrogens (tertiary/aromatic N) is 1. The second-order valence-electron chi connectivity index (χ2n) is 8.03. The number of hydrogen-bond acceptors (Lipinski definition) is 5. The Balaban J connectivity index is 1.24. The van der Waals surface area contributed by atoms with Crippen LogP contribution in [-0.4, -0.2) is 51.4 Å². The monoisotopic (exact) mass is 409 g/mol. The van der Waals surface area contributed by atoms with Gasteiger partial charge >= 0.3 is 0 Å². The maximum absolute atomic E-state index is 12.4. The number of methoxy groups -OCH3 is 1. The van der Waals surface area contributed by atoms with Crippen LogP contribution in [0.5, 0.6) is 5.75 Å². The fourth-order valence-corrected chi connectivity index (χ4v) is 4.15. The van der Waals surface area contributed by atoms with E-state index in [1.54, 1.807) is 31.4 Å². The van der Waals surface area contributed by atoms with Gasteiger partial charge in [0, 0.05) is 49.2 Å². The van der Waals surface area contributed by atoms with E-state index < -0.39 is 0 Å². The molecular formula is C24H31N3O3. The van der Waals surface area contributed by atoms with Crippen LogP contribution in [-0.2, 0) is 4.74 Å². The van der Waals surface area contributed by atoms with E-state index in [9.17, 15) is 4.79 Å². The summed E-state index contributed by atoms with van der Waals surface area (Å²) in [6.07, 6.45) is 5.07. The Kier molecular flexibility index (Phi) is 6.87. The number of benzene rings is 2. The highest BCUT2D eigenvalue weighted by Crippen LogP contribution is 2.23. The third-order valence-electron chi connectivity index (χ3n) is 6.00. The van der Waals surface area contributed by atoms with Gasteiger partial charge in [-0.15, -0.1) is 0 Å². The molecule has 0 aromatic heterocycles. The minimum Gasteiger partial charge on any atom is -0.497 e. The van der Waals surface area contributed by atoms with Crippen molar-refractivity contribution in [1.82, 2.24) is 5.32 Å². The molecule has 2 aliphatic rings. The van der Waals surface area contributed by atoms with Crippen molar-refractivity contribution >= 4 is 17.3 Å². The zero-order chi connectivity index (χ0) is 20.8. The maximum atomic E-state index is 12.4. The van der Waals surface area contributed by atoms with Gasteiger partial charge < -0.3 is 25.0 Å². The van der Waals surface area contributed by atoms with E-state index in [1.165, 1.54) is 18.5 Å². The van der Waals surface area contributed by atoms with Gasteiger partial charge in [0.2, 0.25) is 0 Å².